The summed E-state index contributed by atoms with van der Waals surface area (Å²) >= 11 is 0. The Labute approximate surface area is 111 Å². The number of rotatable bonds is 7. The second-order valence-electron chi connectivity index (χ2n) is 5.37. The van der Waals surface area contributed by atoms with Crippen LogP contribution >= 0.6 is 0 Å². The number of carbonyl (C=O) groups excluding carboxylic acids is 1. The summed E-state index contributed by atoms with van der Waals surface area (Å²) in [5.41, 5.74) is -0.463. The minimum Gasteiger partial charge on any atom is -0.444 e. The van der Waals surface area contributed by atoms with Crippen molar-refractivity contribution in [2.75, 3.05) is 19.8 Å². The zero-order chi connectivity index (χ0) is 14.2. The average Bonchev–Trinajstić information content (AvgIpc) is 2.21. The van der Waals surface area contributed by atoms with Crippen LogP contribution in [0.25, 0.3) is 0 Å². The molecule has 1 amide bonds. The summed E-state index contributed by atoms with van der Waals surface area (Å²) in [6, 6.07) is 0.166. The lowest BCUT2D eigenvalue weighted by Gasteiger charge is -2.25. The van der Waals surface area contributed by atoms with Gasteiger partial charge in [0.25, 0.3) is 0 Å². The SMILES string of the molecule is CCOCCN[C@@H](C)[C@H](C)NC(=O)OC(C)(C)C. The number of amides is 1. The van der Waals surface area contributed by atoms with E-state index < -0.39 is 5.60 Å². The van der Waals surface area contributed by atoms with Crippen LogP contribution in [0.4, 0.5) is 4.79 Å². The second-order valence-corrected chi connectivity index (χ2v) is 5.37. The van der Waals surface area contributed by atoms with E-state index in [4.69, 9.17) is 9.47 Å². The normalized spacial score (nSPS) is 15.0. The maximum Gasteiger partial charge on any atom is 0.407 e. The van der Waals surface area contributed by atoms with Gasteiger partial charge in [0, 0.05) is 25.2 Å². The summed E-state index contributed by atoms with van der Waals surface area (Å²) in [4.78, 5) is 11.6. The third kappa shape index (κ3) is 9.24. The van der Waals surface area contributed by atoms with Gasteiger partial charge in [-0.1, -0.05) is 0 Å². The lowest BCUT2D eigenvalue weighted by molar-refractivity contribution is 0.0498. The number of nitrogens with one attached hydrogen (secondary N) is 2. The largest absolute Gasteiger partial charge is 0.444 e. The Kier molecular flexibility index (Phi) is 7.95. The molecule has 0 unspecified atom stereocenters. The summed E-state index contributed by atoms with van der Waals surface area (Å²) in [5.74, 6) is 0. The van der Waals surface area contributed by atoms with Gasteiger partial charge in [-0.15, -0.1) is 0 Å². The van der Waals surface area contributed by atoms with Gasteiger partial charge in [-0.3, -0.25) is 0 Å². The molecule has 0 heterocycles. The van der Waals surface area contributed by atoms with Crippen LogP contribution in [-0.2, 0) is 9.47 Å². The molecule has 0 aliphatic rings. The summed E-state index contributed by atoms with van der Waals surface area (Å²) in [6.45, 7) is 13.7. The maximum absolute atomic E-state index is 11.6. The van der Waals surface area contributed by atoms with Gasteiger partial charge in [-0.05, 0) is 41.5 Å². The van der Waals surface area contributed by atoms with E-state index in [0.29, 0.717) is 6.61 Å². The molecule has 2 N–H and O–H groups in total. The molecule has 0 aromatic heterocycles. The van der Waals surface area contributed by atoms with Crippen LogP contribution in [0.3, 0.4) is 0 Å². The number of hydrogen-bond donors (Lipinski definition) is 2. The van der Waals surface area contributed by atoms with Crippen molar-refractivity contribution < 1.29 is 14.3 Å². The monoisotopic (exact) mass is 260 g/mol. The van der Waals surface area contributed by atoms with E-state index in [2.05, 4.69) is 10.6 Å². The highest BCUT2D eigenvalue weighted by molar-refractivity contribution is 5.68. The Morgan fingerprint density at radius 3 is 2.33 bits per heavy atom. The van der Waals surface area contributed by atoms with Crippen molar-refractivity contribution in [2.24, 2.45) is 0 Å². The zero-order valence-corrected chi connectivity index (χ0v) is 12.5. The van der Waals surface area contributed by atoms with E-state index in [0.717, 1.165) is 13.2 Å². The highest BCUT2D eigenvalue weighted by Gasteiger charge is 2.19. The lowest BCUT2D eigenvalue weighted by atomic mass is 10.1. The third-order valence-electron chi connectivity index (χ3n) is 2.41. The summed E-state index contributed by atoms with van der Waals surface area (Å²) in [7, 11) is 0. The summed E-state index contributed by atoms with van der Waals surface area (Å²) < 4.78 is 10.4. The Bertz CT molecular complexity index is 239. The molecule has 0 aliphatic heterocycles. The molecule has 5 heteroatoms. The van der Waals surface area contributed by atoms with Gasteiger partial charge in [0.2, 0.25) is 0 Å². The molecular formula is C13H28N2O3. The Morgan fingerprint density at radius 1 is 1.22 bits per heavy atom. The molecule has 5 nitrogen and oxygen atoms in total. The smallest absolute Gasteiger partial charge is 0.407 e. The highest BCUT2D eigenvalue weighted by atomic mass is 16.6. The van der Waals surface area contributed by atoms with Gasteiger partial charge in [-0.25, -0.2) is 4.79 Å². The van der Waals surface area contributed by atoms with Crippen molar-refractivity contribution in [1.29, 1.82) is 0 Å². The number of ether oxygens (including phenoxy) is 2. The van der Waals surface area contributed by atoms with Crippen molar-refractivity contribution in [3.8, 4) is 0 Å². The molecule has 0 rings (SSSR count). The van der Waals surface area contributed by atoms with Gasteiger partial charge in [0.15, 0.2) is 0 Å². The first-order valence-electron chi connectivity index (χ1n) is 6.57. The fourth-order valence-electron chi connectivity index (χ4n) is 1.30. The van der Waals surface area contributed by atoms with Gasteiger partial charge >= 0.3 is 6.09 Å². The van der Waals surface area contributed by atoms with E-state index in [9.17, 15) is 4.79 Å². The highest BCUT2D eigenvalue weighted by Crippen LogP contribution is 2.07. The molecule has 0 bridgehead atoms. The van der Waals surface area contributed by atoms with Crippen LogP contribution in [0.2, 0.25) is 0 Å². The Balaban J connectivity index is 3.85. The molecule has 0 fully saturated rings. The molecule has 0 aromatic carbocycles. The average molecular weight is 260 g/mol. The predicted molar refractivity (Wildman–Crippen MR) is 72.8 cm³/mol. The zero-order valence-electron chi connectivity index (χ0n) is 12.5. The first-order chi connectivity index (χ1) is 8.26. The van der Waals surface area contributed by atoms with Gasteiger partial charge in [-0.2, -0.15) is 0 Å². The maximum atomic E-state index is 11.6. The van der Waals surface area contributed by atoms with E-state index >= 15 is 0 Å². The fraction of sp³-hybridized carbons (Fsp3) is 0.923. The molecular weight excluding hydrogens is 232 g/mol. The van der Waals surface area contributed by atoms with Gasteiger partial charge in [0.1, 0.15) is 5.60 Å². The van der Waals surface area contributed by atoms with Crippen LogP contribution in [0, 0.1) is 0 Å². The minimum atomic E-state index is -0.463. The van der Waals surface area contributed by atoms with Crippen LogP contribution < -0.4 is 10.6 Å². The lowest BCUT2D eigenvalue weighted by Crippen LogP contribution is -2.48. The first-order valence-corrected chi connectivity index (χ1v) is 6.57. The molecule has 0 aromatic rings. The molecule has 0 aliphatic carbocycles. The molecule has 0 radical (unpaired) electrons. The van der Waals surface area contributed by atoms with E-state index in [1.807, 2.05) is 41.5 Å². The molecule has 0 saturated carbocycles. The van der Waals surface area contributed by atoms with Crippen molar-refractivity contribution in [1.82, 2.24) is 10.6 Å². The number of hydrogen-bond acceptors (Lipinski definition) is 4. The van der Waals surface area contributed by atoms with Gasteiger partial charge < -0.3 is 20.1 Å². The third-order valence-corrected chi connectivity index (χ3v) is 2.41. The molecule has 18 heavy (non-hydrogen) atoms. The topological polar surface area (TPSA) is 59.6 Å². The number of carbonyl (C=O) groups is 1. The fourth-order valence-corrected chi connectivity index (χ4v) is 1.30. The Morgan fingerprint density at radius 2 is 1.83 bits per heavy atom. The van der Waals surface area contributed by atoms with Gasteiger partial charge in [0.05, 0.1) is 6.61 Å². The second kappa shape index (κ2) is 8.32. The van der Waals surface area contributed by atoms with Crippen molar-refractivity contribution in [3.05, 3.63) is 0 Å². The molecule has 2 atom stereocenters. The van der Waals surface area contributed by atoms with Crippen LogP contribution in [0.1, 0.15) is 41.5 Å². The molecule has 0 spiro atoms. The van der Waals surface area contributed by atoms with E-state index in [1.54, 1.807) is 0 Å². The van der Waals surface area contributed by atoms with Crippen molar-refractivity contribution >= 4 is 6.09 Å². The van der Waals surface area contributed by atoms with E-state index in [1.165, 1.54) is 0 Å². The molecule has 0 saturated heterocycles. The minimum absolute atomic E-state index is 0.00137. The quantitative estimate of drug-likeness (QED) is 0.687. The summed E-state index contributed by atoms with van der Waals surface area (Å²) in [5, 5.41) is 6.10. The Hall–Kier alpha value is -0.810. The number of alkyl carbamates (subject to hydrolysis) is 1. The van der Waals surface area contributed by atoms with Crippen LogP contribution in [0.15, 0.2) is 0 Å². The van der Waals surface area contributed by atoms with Crippen LogP contribution in [-0.4, -0.2) is 43.5 Å². The first kappa shape index (κ1) is 17.2. The van der Waals surface area contributed by atoms with Crippen molar-refractivity contribution in [2.45, 2.75) is 59.2 Å². The van der Waals surface area contributed by atoms with E-state index in [-0.39, 0.29) is 18.2 Å². The molecule has 108 valence electrons. The standard InChI is InChI=1S/C13H28N2O3/c1-7-17-9-8-14-10(2)11(3)15-12(16)18-13(4,5)6/h10-11,14H,7-9H2,1-6H3,(H,15,16)/t10-,11-/m0/s1. The summed E-state index contributed by atoms with van der Waals surface area (Å²) in [6.07, 6.45) is -0.381. The predicted octanol–water partition coefficient (Wildman–Crippen LogP) is 1.91. The van der Waals surface area contributed by atoms with Crippen molar-refractivity contribution in [3.63, 3.8) is 0 Å². The van der Waals surface area contributed by atoms with Crippen LogP contribution in [0.5, 0.6) is 0 Å².